The van der Waals surface area contributed by atoms with Crippen LogP contribution in [0.25, 0.3) is 0 Å². The molecule has 0 aliphatic carbocycles. The number of carbonyl (C=O) groups is 2. The maximum atomic E-state index is 11.6. The fourth-order valence-corrected chi connectivity index (χ4v) is 1.97. The first kappa shape index (κ1) is 13.3. The van der Waals surface area contributed by atoms with E-state index in [9.17, 15) is 19.7 Å². The Morgan fingerprint density at radius 2 is 2.16 bits per heavy atom. The smallest absolute Gasteiger partial charge is 0.292 e. The Bertz CT molecular complexity index is 561. The average molecular weight is 284 g/mol. The van der Waals surface area contributed by atoms with Crippen molar-refractivity contribution in [1.82, 2.24) is 5.32 Å². The van der Waals surface area contributed by atoms with E-state index >= 15 is 0 Å². The van der Waals surface area contributed by atoms with E-state index in [0.29, 0.717) is 5.02 Å². The summed E-state index contributed by atoms with van der Waals surface area (Å²) >= 11 is 5.78. The lowest BCUT2D eigenvalue weighted by Crippen LogP contribution is -2.47. The van der Waals surface area contributed by atoms with Crippen molar-refractivity contribution in [3.63, 3.8) is 0 Å². The molecule has 0 aromatic heterocycles. The van der Waals surface area contributed by atoms with Crippen LogP contribution in [0, 0.1) is 10.1 Å². The van der Waals surface area contributed by atoms with E-state index in [1.54, 1.807) is 0 Å². The van der Waals surface area contributed by atoms with Gasteiger partial charge in [-0.25, -0.2) is 0 Å². The molecule has 0 bridgehead atoms. The maximum Gasteiger partial charge on any atom is 0.292 e. The second kappa shape index (κ2) is 5.23. The first-order valence-corrected chi connectivity index (χ1v) is 5.89. The van der Waals surface area contributed by atoms with Crippen LogP contribution < -0.4 is 10.6 Å². The number of nitrogens with zero attached hydrogens (tertiary/aromatic N) is 1. The molecule has 2 rings (SSSR count). The number of nitro groups is 1. The van der Waals surface area contributed by atoms with Crippen LogP contribution in [0.5, 0.6) is 0 Å². The molecule has 0 radical (unpaired) electrons. The molecule has 19 heavy (non-hydrogen) atoms. The lowest BCUT2D eigenvalue weighted by Gasteiger charge is -2.22. The van der Waals surface area contributed by atoms with Crippen molar-refractivity contribution in [3.05, 3.63) is 33.3 Å². The van der Waals surface area contributed by atoms with Gasteiger partial charge in [0.15, 0.2) is 0 Å². The first-order chi connectivity index (χ1) is 8.97. The van der Waals surface area contributed by atoms with Gasteiger partial charge in [-0.1, -0.05) is 11.6 Å². The lowest BCUT2D eigenvalue weighted by molar-refractivity contribution is -0.384. The number of benzene rings is 1. The van der Waals surface area contributed by atoms with Crippen LogP contribution in [0.3, 0.4) is 0 Å². The van der Waals surface area contributed by atoms with Crippen molar-refractivity contribution in [3.8, 4) is 0 Å². The highest BCUT2D eigenvalue weighted by Gasteiger charge is 2.28. The summed E-state index contributed by atoms with van der Waals surface area (Å²) in [6, 6.07) is 3.35. The quantitative estimate of drug-likeness (QED) is 0.497. The highest BCUT2D eigenvalue weighted by Crippen LogP contribution is 2.29. The minimum atomic E-state index is -0.685. The van der Waals surface area contributed by atoms with Crippen LogP contribution in [0.15, 0.2) is 18.2 Å². The highest BCUT2D eigenvalue weighted by atomic mass is 35.5. The molecule has 8 heteroatoms. The van der Waals surface area contributed by atoms with Crippen molar-refractivity contribution >= 4 is 34.8 Å². The molecule has 1 saturated heterocycles. The molecule has 0 spiro atoms. The molecule has 1 fully saturated rings. The number of piperidine rings is 1. The van der Waals surface area contributed by atoms with E-state index in [2.05, 4.69) is 10.6 Å². The third-order valence-corrected chi connectivity index (χ3v) is 2.96. The SMILES string of the molecule is O=C1CCC(Nc2cc(Cl)ccc2[N+](=O)[O-])C(=O)N1. The molecule has 1 heterocycles. The fraction of sp³-hybridized carbons (Fsp3) is 0.273. The van der Waals surface area contributed by atoms with E-state index in [1.165, 1.54) is 18.2 Å². The zero-order chi connectivity index (χ0) is 14.0. The van der Waals surface area contributed by atoms with Gasteiger partial charge in [-0.05, 0) is 18.6 Å². The van der Waals surface area contributed by atoms with Gasteiger partial charge < -0.3 is 5.32 Å². The Kier molecular flexibility index (Phi) is 3.66. The van der Waals surface area contributed by atoms with E-state index in [4.69, 9.17) is 11.6 Å². The summed E-state index contributed by atoms with van der Waals surface area (Å²) < 4.78 is 0. The van der Waals surface area contributed by atoms with E-state index < -0.39 is 16.9 Å². The molecule has 7 nitrogen and oxygen atoms in total. The van der Waals surface area contributed by atoms with Crippen molar-refractivity contribution < 1.29 is 14.5 Å². The van der Waals surface area contributed by atoms with Gasteiger partial charge in [0, 0.05) is 17.5 Å². The van der Waals surface area contributed by atoms with Crippen molar-refractivity contribution in [1.29, 1.82) is 0 Å². The third kappa shape index (κ3) is 3.00. The number of hydrogen-bond acceptors (Lipinski definition) is 5. The molecule has 1 aliphatic rings. The van der Waals surface area contributed by atoms with Crippen LogP contribution in [-0.2, 0) is 9.59 Å². The topological polar surface area (TPSA) is 101 Å². The zero-order valence-corrected chi connectivity index (χ0v) is 10.4. The number of anilines is 1. The second-order valence-corrected chi connectivity index (χ2v) is 4.50. The molecular formula is C11H10ClN3O4. The van der Waals surface area contributed by atoms with Crippen LogP contribution >= 0.6 is 11.6 Å². The fourth-order valence-electron chi connectivity index (χ4n) is 1.80. The molecular weight excluding hydrogens is 274 g/mol. The number of halogens is 1. The summed E-state index contributed by atoms with van der Waals surface area (Å²) in [6.07, 6.45) is 0.478. The molecule has 1 atom stereocenters. The standard InChI is InChI=1S/C11H10ClN3O4/c12-6-1-3-9(15(18)19)8(5-6)13-7-2-4-10(16)14-11(7)17/h1,3,5,7,13H,2,4H2,(H,14,16,17). The molecule has 1 aromatic carbocycles. The lowest BCUT2D eigenvalue weighted by atomic mass is 10.1. The summed E-state index contributed by atoms with van der Waals surface area (Å²) in [4.78, 5) is 32.9. The predicted molar refractivity (Wildman–Crippen MR) is 67.9 cm³/mol. The normalized spacial score (nSPS) is 18.9. The van der Waals surface area contributed by atoms with Gasteiger partial charge in [-0.2, -0.15) is 0 Å². The molecule has 1 unspecified atom stereocenters. The minimum absolute atomic E-state index is 0.159. The Morgan fingerprint density at radius 3 is 2.79 bits per heavy atom. The van der Waals surface area contributed by atoms with Gasteiger partial charge in [0.2, 0.25) is 11.8 Å². The predicted octanol–water partition coefficient (Wildman–Crippen LogP) is 1.47. The van der Waals surface area contributed by atoms with E-state index in [0.717, 1.165) is 0 Å². The summed E-state index contributed by atoms with van der Waals surface area (Å²) in [6.45, 7) is 0. The van der Waals surface area contributed by atoms with Gasteiger partial charge in [-0.3, -0.25) is 25.0 Å². The number of rotatable bonds is 3. The summed E-state index contributed by atoms with van der Waals surface area (Å²) in [5, 5.41) is 16.1. The van der Waals surface area contributed by atoms with Gasteiger partial charge in [0.25, 0.3) is 5.69 Å². The Balaban J connectivity index is 2.23. The van der Waals surface area contributed by atoms with Crippen molar-refractivity contribution in [2.75, 3.05) is 5.32 Å². The second-order valence-electron chi connectivity index (χ2n) is 4.07. The van der Waals surface area contributed by atoms with E-state index in [1.807, 2.05) is 0 Å². The molecule has 2 amide bonds. The number of nitro benzene ring substituents is 1. The molecule has 0 saturated carbocycles. The van der Waals surface area contributed by atoms with Gasteiger partial charge in [0.05, 0.1) is 4.92 Å². The van der Waals surface area contributed by atoms with Crippen LogP contribution in [0.1, 0.15) is 12.8 Å². The first-order valence-electron chi connectivity index (χ1n) is 5.51. The molecule has 2 N–H and O–H groups in total. The summed E-state index contributed by atoms with van der Waals surface area (Å²) in [5.74, 6) is -0.839. The van der Waals surface area contributed by atoms with Gasteiger partial charge >= 0.3 is 0 Å². The van der Waals surface area contributed by atoms with Crippen LogP contribution in [0.2, 0.25) is 5.02 Å². The van der Waals surface area contributed by atoms with Crippen LogP contribution in [-0.4, -0.2) is 22.8 Å². The number of hydrogen-bond donors (Lipinski definition) is 2. The van der Waals surface area contributed by atoms with Gasteiger partial charge in [-0.15, -0.1) is 0 Å². The third-order valence-electron chi connectivity index (χ3n) is 2.72. The minimum Gasteiger partial charge on any atom is -0.368 e. The largest absolute Gasteiger partial charge is 0.368 e. The number of carbonyl (C=O) groups excluding carboxylic acids is 2. The molecule has 100 valence electrons. The monoisotopic (exact) mass is 283 g/mol. The average Bonchev–Trinajstić information content (AvgIpc) is 2.32. The highest BCUT2D eigenvalue weighted by molar-refractivity contribution is 6.31. The Hall–Kier alpha value is -2.15. The maximum absolute atomic E-state index is 11.6. The van der Waals surface area contributed by atoms with E-state index in [-0.39, 0.29) is 30.1 Å². The Morgan fingerprint density at radius 1 is 1.42 bits per heavy atom. The van der Waals surface area contributed by atoms with Crippen LogP contribution in [0.4, 0.5) is 11.4 Å². The number of nitrogens with one attached hydrogen (secondary N) is 2. The van der Waals surface area contributed by atoms with Crippen molar-refractivity contribution in [2.45, 2.75) is 18.9 Å². The van der Waals surface area contributed by atoms with Gasteiger partial charge in [0.1, 0.15) is 11.7 Å². The number of imide groups is 1. The molecule has 1 aromatic rings. The summed E-state index contributed by atoms with van der Waals surface area (Å²) in [7, 11) is 0. The molecule has 1 aliphatic heterocycles. The zero-order valence-electron chi connectivity index (χ0n) is 9.68. The van der Waals surface area contributed by atoms with Crippen molar-refractivity contribution in [2.24, 2.45) is 0 Å². The Labute approximate surface area is 113 Å². The summed E-state index contributed by atoms with van der Waals surface area (Å²) in [5.41, 5.74) is -0.0129. The number of amides is 2.